The summed E-state index contributed by atoms with van der Waals surface area (Å²) in [4.78, 5) is 15.0. The minimum Gasteiger partial charge on any atom is -0.454 e. The highest BCUT2D eigenvalue weighted by Gasteiger charge is 2.33. The summed E-state index contributed by atoms with van der Waals surface area (Å²) in [6.07, 6.45) is 2.60. The lowest BCUT2D eigenvalue weighted by atomic mass is 9.92. The Labute approximate surface area is 158 Å². The number of carbonyl (C=O) groups excluding carboxylic acids is 1. The molecular weight excluding hydrogens is 398 g/mol. The van der Waals surface area contributed by atoms with Crippen molar-refractivity contribution in [2.24, 2.45) is 0 Å². The molecule has 0 fully saturated rings. The molecule has 2 aliphatic heterocycles. The van der Waals surface area contributed by atoms with Crippen LogP contribution in [0.3, 0.4) is 0 Å². The molecular formula is C19H16BrN3O3. The van der Waals surface area contributed by atoms with Crippen LogP contribution in [-0.2, 0) is 6.42 Å². The summed E-state index contributed by atoms with van der Waals surface area (Å²) >= 11 is 3.43. The summed E-state index contributed by atoms with van der Waals surface area (Å²) in [6.45, 7) is 2.94. The predicted octanol–water partition coefficient (Wildman–Crippen LogP) is 3.59. The van der Waals surface area contributed by atoms with Gasteiger partial charge in [-0.3, -0.25) is 4.79 Å². The summed E-state index contributed by atoms with van der Waals surface area (Å²) in [5.41, 5.74) is 3.61. The van der Waals surface area contributed by atoms with Crippen LogP contribution >= 0.6 is 15.9 Å². The Morgan fingerprint density at radius 3 is 3.04 bits per heavy atom. The van der Waals surface area contributed by atoms with E-state index in [1.165, 1.54) is 0 Å². The molecule has 1 unspecified atom stereocenters. The maximum Gasteiger partial charge on any atom is 0.274 e. The second-order valence-electron chi connectivity index (χ2n) is 6.54. The number of fused-ring (bicyclic) bond motifs is 4. The second-order valence-corrected chi connectivity index (χ2v) is 7.45. The molecule has 2 aliphatic rings. The predicted molar refractivity (Wildman–Crippen MR) is 98.6 cm³/mol. The normalized spacial score (nSPS) is 18.2. The van der Waals surface area contributed by atoms with Crippen LogP contribution in [0, 0.1) is 0 Å². The highest BCUT2D eigenvalue weighted by molar-refractivity contribution is 9.10. The van der Waals surface area contributed by atoms with Crippen molar-refractivity contribution in [1.29, 1.82) is 0 Å². The molecule has 132 valence electrons. The van der Waals surface area contributed by atoms with Gasteiger partial charge in [0, 0.05) is 22.8 Å². The lowest BCUT2D eigenvalue weighted by molar-refractivity contribution is 0.0669. The third-order valence-electron chi connectivity index (χ3n) is 5.10. The minimum atomic E-state index is -0.0550. The van der Waals surface area contributed by atoms with Crippen LogP contribution in [0.25, 0.3) is 5.52 Å². The fourth-order valence-electron chi connectivity index (χ4n) is 3.78. The lowest BCUT2D eigenvalue weighted by Gasteiger charge is -2.35. The Morgan fingerprint density at radius 2 is 2.15 bits per heavy atom. The van der Waals surface area contributed by atoms with Crippen molar-refractivity contribution in [2.75, 3.05) is 13.3 Å². The van der Waals surface area contributed by atoms with Gasteiger partial charge in [0.25, 0.3) is 5.91 Å². The third-order valence-corrected chi connectivity index (χ3v) is 5.57. The monoisotopic (exact) mass is 413 g/mol. The number of aromatic nitrogens is 2. The van der Waals surface area contributed by atoms with E-state index < -0.39 is 0 Å². The number of benzene rings is 1. The topological polar surface area (TPSA) is 56.1 Å². The standard InChI is InChI=1S/C19H16BrN3O3/c1-11-14-4-5-17-18(26-10-25-17)15(14)6-7-22(11)19(24)16-8-13-3-2-12(20)9-23(13)21-16/h2-5,8-9,11H,6-7,10H2,1H3. The van der Waals surface area contributed by atoms with Gasteiger partial charge < -0.3 is 14.4 Å². The van der Waals surface area contributed by atoms with Gasteiger partial charge in [0.1, 0.15) is 0 Å². The molecule has 0 radical (unpaired) electrons. The number of hydrogen-bond donors (Lipinski definition) is 0. The Hall–Kier alpha value is -2.54. The summed E-state index contributed by atoms with van der Waals surface area (Å²) < 4.78 is 13.7. The van der Waals surface area contributed by atoms with E-state index in [2.05, 4.69) is 21.0 Å². The summed E-state index contributed by atoms with van der Waals surface area (Å²) in [5.74, 6) is 1.57. The van der Waals surface area contributed by atoms with Crippen molar-refractivity contribution in [2.45, 2.75) is 19.4 Å². The van der Waals surface area contributed by atoms with Crippen molar-refractivity contribution < 1.29 is 14.3 Å². The quantitative estimate of drug-likeness (QED) is 0.611. The minimum absolute atomic E-state index is 0.0442. The Morgan fingerprint density at radius 1 is 1.27 bits per heavy atom. The van der Waals surface area contributed by atoms with Gasteiger partial charge in [0.05, 0.1) is 11.6 Å². The van der Waals surface area contributed by atoms with Crippen LogP contribution in [0.2, 0.25) is 0 Å². The average molecular weight is 414 g/mol. The van der Waals surface area contributed by atoms with Crippen molar-refractivity contribution >= 4 is 27.4 Å². The van der Waals surface area contributed by atoms with Gasteiger partial charge in [-0.05, 0) is 59.1 Å². The van der Waals surface area contributed by atoms with Crippen molar-refractivity contribution in [3.8, 4) is 11.5 Å². The fourth-order valence-corrected chi connectivity index (χ4v) is 4.11. The van der Waals surface area contributed by atoms with Crippen molar-refractivity contribution in [3.05, 3.63) is 57.8 Å². The van der Waals surface area contributed by atoms with Gasteiger partial charge in [0.15, 0.2) is 17.2 Å². The zero-order chi connectivity index (χ0) is 17.8. The number of halogens is 1. The van der Waals surface area contributed by atoms with E-state index in [1.54, 1.807) is 4.52 Å². The zero-order valence-corrected chi connectivity index (χ0v) is 15.7. The van der Waals surface area contributed by atoms with E-state index in [9.17, 15) is 4.79 Å². The molecule has 0 N–H and O–H groups in total. The first-order chi connectivity index (χ1) is 12.6. The maximum atomic E-state index is 13.1. The van der Waals surface area contributed by atoms with Gasteiger partial charge in [0.2, 0.25) is 6.79 Å². The summed E-state index contributed by atoms with van der Waals surface area (Å²) in [6, 6.07) is 9.62. The molecule has 0 bridgehead atoms. The highest BCUT2D eigenvalue weighted by Crippen LogP contribution is 2.43. The number of pyridine rings is 1. The number of carbonyl (C=O) groups is 1. The van der Waals surface area contributed by atoms with Crippen LogP contribution in [0.4, 0.5) is 0 Å². The molecule has 6 nitrogen and oxygen atoms in total. The van der Waals surface area contributed by atoms with Crippen LogP contribution in [0.15, 0.2) is 41.0 Å². The van der Waals surface area contributed by atoms with E-state index in [0.29, 0.717) is 12.2 Å². The molecule has 4 heterocycles. The largest absolute Gasteiger partial charge is 0.454 e. The summed E-state index contributed by atoms with van der Waals surface area (Å²) in [5, 5.41) is 4.45. The van der Waals surface area contributed by atoms with Crippen molar-refractivity contribution in [3.63, 3.8) is 0 Å². The molecule has 1 atom stereocenters. The average Bonchev–Trinajstić information content (AvgIpc) is 3.27. The number of nitrogens with zero attached hydrogens (tertiary/aromatic N) is 3. The van der Waals surface area contributed by atoms with Crippen LogP contribution < -0.4 is 9.47 Å². The van der Waals surface area contributed by atoms with Crippen molar-refractivity contribution in [1.82, 2.24) is 14.5 Å². The fraction of sp³-hybridized carbons (Fsp3) is 0.263. The number of hydrogen-bond acceptors (Lipinski definition) is 4. The molecule has 7 heteroatoms. The lowest BCUT2D eigenvalue weighted by Crippen LogP contribution is -2.39. The van der Waals surface area contributed by atoms with Crippen LogP contribution in [0.5, 0.6) is 11.5 Å². The Bertz CT molecular complexity index is 1050. The van der Waals surface area contributed by atoms with E-state index in [1.807, 2.05) is 48.4 Å². The summed E-state index contributed by atoms with van der Waals surface area (Å²) in [7, 11) is 0. The first-order valence-corrected chi connectivity index (χ1v) is 9.28. The molecule has 0 aliphatic carbocycles. The molecule has 1 aromatic carbocycles. The van der Waals surface area contributed by atoms with E-state index >= 15 is 0 Å². The van der Waals surface area contributed by atoms with E-state index in [4.69, 9.17) is 9.47 Å². The second kappa shape index (κ2) is 5.74. The Balaban J connectivity index is 1.49. The zero-order valence-electron chi connectivity index (χ0n) is 14.1. The molecule has 0 saturated heterocycles. The van der Waals surface area contributed by atoms with Gasteiger partial charge >= 0.3 is 0 Å². The number of rotatable bonds is 1. The molecule has 2 aromatic heterocycles. The molecule has 26 heavy (non-hydrogen) atoms. The van der Waals surface area contributed by atoms with Gasteiger partial charge in [-0.15, -0.1) is 0 Å². The van der Waals surface area contributed by atoms with Crippen LogP contribution in [0.1, 0.15) is 34.6 Å². The van der Waals surface area contributed by atoms with Gasteiger partial charge in [-0.1, -0.05) is 6.07 Å². The van der Waals surface area contributed by atoms with E-state index in [0.717, 1.165) is 39.0 Å². The van der Waals surface area contributed by atoms with E-state index in [-0.39, 0.29) is 18.7 Å². The van der Waals surface area contributed by atoms with Crippen LogP contribution in [-0.4, -0.2) is 33.8 Å². The number of amides is 1. The van der Waals surface area contributed by atoms with Gasteiger partial charge in [-0.25, -0.2) is 4.52 Å². The molecule has 5 rings (SSSR count). The smallest absolute Gasteiger partial charge is 0.274 e. The number of ether oxygens (including phenoxy) is 2. The maximum absolute atomic E-state index is 13.1. The molecule has 3 aromatic rings. The first kappa shape index (κ1) is 15.7. The van der Waals surface area contributed by atoms with Gasteiger partial charge in [-0.2, -0.15) is 5.10 Å². The molecule has 0 spiro atoms. The SMILES string of the molecule is CC1c2ccc3c(c2CCN1C(=O)c1cc2ccc(Br)cn2n1)OCO3. The third kappa shape index (κ3) is 2.30. The highest BCUT2D eigenvalue weighted by atomic mass is 79.9. The molecule has 0 saturated carbocycles. The Kier molecular flexibility index (Phi) is 3.46. The first-order valence-electron chi connectivity index (χ1n) is 8.49. The molecule has 1 amide bonds.